The van der Waals surface area contributed by atoms with Gasteiger partial charge in [-0.05, 0) is 43.6 Å². The van der Waals surface area contributed by atoms with Gasteiger partial charge in [-0.1, -0.05) is 0 Å². The maximum Gasteiger partial charge on any atom is 0.261 e. The predicted octanol–water partition coefficient (Wildman–Crippen LogP) is 2.80. The van der Waals surface area contributed by atoms with Crippen LogP contribution in [0.2, 0.25) is 0 Å². The average molecular weight is 303 g/mol. The Bertz CT molecular complexity index is 573. The maximum atomic E-state index is 13.0. The average Bonchev–Trinajstić information content (AvgIpc) is 2.78. The van der Waals surface area contributed by atoms with Gasteiger partial charge in [0.15, 0.2) is 0 Å². The van der Waals surface area contributed by atoms with Crippen LogP contribution in [0, 0.1) is 5.82 Å². The molecule has 2 N–H and O–H groups in total. The lowest BCUT2D eigenvalue weighted by Crippen LogP contribution is -2.36. The summed E-state index contributed by atoms with van der Waals surface area (Å²) >= 11 is 1.37. The molecule has 1 aromatic carbocycles. The summed E-state index contributed by atoms with van der Waals surface area (Å²) in [6.07, 6.45) is 0. The Morgan fingerprint density at radius 3 is 2.84 bits per heavy atom. The van der Waals surface area contributed by atoms with E-state index in [0.29, 0.717) is 11.4 Å². The van der Waals surface area contributed by atoms with Crippen molar-refractivity contribution in [1.29, 1.82) is 0 Å². The number of fused-ring (bicyclic) bond motifs is 1. The minimum atomic E-state index is -0.281. The molecule has 2 aromatic rings. The van der Waals surface area contributed by atoms with Crippen molar-refractivity contribution in [3.63, 3.8) is 0 Å². The number of hydrogen-bond acceptors (Lipinski definition) is 3. The first kappa shape index (κ1) is 15.9. The minimum absolute atomic E-state index is 0. The third-order valence-corrected chi connectivity index (χ3v) is 3.88. The number of thiophene rings is 1. The van der Waals surface area contributed by atoms with Gasteiger partial charge in [0, 0.05) is 17.3 Å². The van der Waals surface area contributed by atoms with Crippen LogP contribution >= 0.6 is 23.7 Å². The van der Waals surface area contributed by atoms with Crippen molar-refractivity contribution in [3.05, 3.63) is 35.0 Å². The molecule has 3 nitrogen and oxygen atoms in total. The van der Waals surface area contributed by atoms with Crippen LogP contribution < -0.4 is 10.6 Å². The van der Waals surface area contributed by atoms with Crippen molar-refractivity contribution in [2.75, 3.05) is 13.6 Å². The van der Waals surface area contributed by atoms with E-state index in [0.717, 1.165) is 10.1 Å². The van der Waals surface area contributed by atoms with E-state index in [1.165, 1.54) is 23.5 Å². The summed E-state index contributed by atoms with van der Waals surface area (Å²) < 4.78 is 14.0. The molecule has 0 aliphatic heterocycles. The minimum Gasteiger partial charge on any atom is -0.350 e. The zero-order valence-electron chi connectivity index (χ0n) is 10.7. The van der Waals surface area contributed by atoms with Crippen LogP contribution in [0.4, 0.5) is 4.39 Å². The highest BCUT2D eigenvalue weighted by molar-refractivity contribution is 7.20. The zero-order valence-corrected chi connectivity index (χ0v) is 12.3. The first-order valence-electron chi connectivity index (χ1n) is 5.74. The fraction of sp³-hybridized carbons (Fsp3) is 0.308. The Morgan fingerprint density at radius 2 is 2.16 bits per heavy atom. The molecule has 0 saturated carbocycles. The largest absolute Gasteiger partial charge is 0.350 e. The fourth-order valence-corrected chi connectivity index (χ4v) is 2.52. The first-order valence-corrected chi connectivity index (χ1v) is 6.56. The van der Waals surface area contributed by atoms with Crippen LogP contribution in [0.5, 0.6) is 0 Å². The number of hydrogen-bond donors (Lipinski definition) is 2. The number of likely N-dealkylation sites (N-methyl/N-ethyl adjacent to an activating group) is 1. The van der Waals surface area contributed by atoms with Gasteiger partial charge in [0.2, 0.25) is 0 Å². The van der Waals surface area contributed by atoms with Crippen LogP contribution in [0.15, 0.2) is 24.3 Å². The molecular formula is C13H16ClFN2OS. The van der Waals surface area contributed by atoms with E-state index in [4.69, 9.17) is 0 Å². The van der Waals surface area contributed by atoms with Crippen molar-refractivity contribution in [2.45, 2.75) is 13.0 Å². The summed E-state index contributed by atoms with van der Waals surface area (Å²) in [6.45, 7) is 2.55. The van der Waals surface area contributed by atoms with Gasteiger partial charge >= 0.3 is 0 Å². The lowest BCUT2D eigenvalue weighted by Gasteiger charge is -2.10. The van der Waals surface area contributed by atoms with Crippen molar-refractivity contribution in [1.82, 2.24) is 10.6 Å². The molecule has 0 aliphatic carbocycles. The molecule has 0 bridgehead atoms. The molecule has 1 heterocycles. The highest BCUT2D eigenvalue weighted by Gasteiger charge is 2.11. The molecule has 0 fully saturated rings. The second kappa shape index (κ2) is 6.84. The van der Waals surface area contributed by atoms with Gasteiger partial charge in [0.05, 0.1) is 4.88 Å². The van der Waals surface area contributed by atoms with Crippen LogP contribution in [0.1, 0.15) is 16.6 Å². The fourth-order valence-electron chi connectivity index (χ4n) is 1.56. The Hall–Kier alpha value is -1.17. The summed E-state index contributed by atoms with van der Waals surface area (Å²) in [6, 6.07) is 6.49. The summed E-state index contributed by atoms with van der Waals surface area (Å²) in [4.78, 5) is 12.5. The van der Waals surface area contributed by atoms with Crippen LogP contribution in [-0.2, 0) is 0 Å². The molecule has 0 spiro atoms. The molecule has 0 radical (unpaired) electrons. The van der Waals surface area contributed by atoms with Crippen LogP contribution in [0.25, 0.3) is 10.1 Å². The molecule has 2 rings (SSSR count). The summed E-state index contributed by atoms with van der Waals surface area (Å²) in [7, 11) is 1.85. The molecule has 0 aliphatic rings. The van der Waals surface area contributed by atoms with E-state index in [2.05, 4.69) is 10.6 Å². The molecule has 6 heteroatoms. The highest BCUT2D eigenvalue weighted by Crippen LogP contribution is 2.26. The molecular weight excluding hydrogens is 287 g/mol. The monoisotopic (exact) mass is 302 g/mol. The lowest BCUT2D eigenvalue weighted by atomic mass is 10.2. The normalized spacial score (nSPS) is 11.9. The number of amides is 1. The van der Waals surface area contributed by atoms with Gasteiger partial charge < -0.3 is 10.6 Å². The quantitative estimate of drug-likeness (QED) is 0.912. The molecule has 1 atom stereocenters. The summed E-state index contributed by atoms with van der Waals surface area (Å²) in [5, 5.41) is 6.66. The van der Waals surface area contributed by atoms with Gasteiger partial charge in [-0.2, -0.15) is 0 Å². The van der Waals surface area contributed by atoms with Gasteiger partial charge in [0.1, 0.15) is 5.82 Å². The standard InChI is InChI=1S/C13H15FN2OS.ClH/c1-8(15-2)7-16-13(17)12-6-9-5-10(14)3-4-11(9)18-12;/h3-6,8,15H,7H2,1-2H3,(H,16,17);1H. The van der Waals surface area contributed by atoms with Crippen molar-refractivity contribution in [3.8, 4) is 0 Å². The second-order valence-electron chi connectivity index (χ2n) is 4.19. The van der Waals surface area contributed by atoms with E-state index < -0.39 is 0 Å². The number of benzene rings is 1. The van der Waals surface area contributed by atoms with Gasteiger partial charge in [-0.15, -0.1) is 23.7 Å². The topological polar surface area (TPSA) is 41.1 Å². The van der Waals surface area contributed by atoms with Crippen molar-refractivity contribution >= 4 is 39.7 Å². The Balaban J connectivity index is 0.00000180. The number of halogens is 2. The van der Waals surface area contributed by atoms with Gasteiger partial charge in [0.25, 0.3) is 5.91 Å². The Morgan fingerprint density at radius 1 is 1.42 bits per heavy atom. The lowest BCUT2D eigenvalue weighted by molar-refractivity contribution is 0.0954. The smallest absolute Gasteiger partial charge is 0.261 e. The van der Waals surface area contributed by atoms with E-state index in [1.54, 1.807) is 12.1 Å². The Kier molecular flexibility index (Phi) is 5.72. The van der Waals surface area contributed by atoms with Gasteiger partial charge in [-0.3, -0.25) is 4.79 Å². The summed E-state index contributed by atoms with van der Waals surface area (Å²) in [5.41, 5.74) is 0. The number of carbonyl (C=O) groups excluding carboxylic acids is 1. The highest BCUT2D eigenvalue weighted by atomic mass is 35.5. The number of nitrogens with one attached hydrogen (secondary N) is 2. The molecule has 104 valence electrons. The molecule has 1 unspecified atom stereocenters. The molecule has 1 amide bonds. The number of rotatable bonds is 4. The van der Waals surface area contributed by atoms with E-state index in [1.807, 2.05) is 14.0 Å². The van der Waals surface area contributed by atoms with Crippen LogP contribution in [0.3, 0.4) is 0 Å². The van der Waals surface area contributed by atoms with Crippen LogP contribution in [-0.4, -0.2) is 25.5 Å². The maximum absolute atomic E-state index is 13.0. The molecule has 0 saturated heterocycles. The first-order chi connectivity index (χ1) is 8.60. The van der Waals surface area contributed by atoms with E-state index in [9.17, 15) is 9.18 Å². The zero-order chi connectivity index (χ0) is 13.1. The third kappa shape index (κ3) is 3.89. The SMILES string of the molecule is CNC(C)CNC(=O)c1cc2cc(F)ccc2s1.Cl. The molecule has 1 aromatic heterocycles. The van der Waals surface area contributed by atoms with E-state index in [-0.39, 0.29) is 30.2 Å². The second-order valence-corrected chi connectivity index (χ2v) is 5.28. The third-order valence-electron chi connectivity index (χ3n) is 2.76. The van der Waals surface area contributed by atoms with Crippen molar-refractivity contribution in [2.24, 2.45) is 0 Å². The van der Waals surface area contributed by atoms with Crippen molar-refractivity contribution < 1.29 is 9.18 Å². The number of carbonyl (C=O) groups is 1. The summed E-state index contributed by atoms with van der Waals surface area (Å²) in [5.74, 6) is -0.394. The molecule has 19 heavy (non-hydrogen) atoms. The van der Waals surface area contributed by atoms with E-state index >= 15 is 0 Å². The predicted molar refractivity (Wildman–Crippen MR) is 79.9 cm³/mol. The Labute approximate surface area is 121 Å². The van der Waals surface area contributed by atoms with Gasteiger partial charge in [-0.25, -0.2) is 4.39 Å².